The van der Waals surface area contributed by atoms with E-state index in [1.807, 2.05) is 12.5 Å². The summed E-state index contributed by atoms with van der Waals surface area (Å²) in [4.78, 5) is 4.31. The van der Waals surface area contributed by atoms with Crippen LogP contribution in [0, 0.1) is 11.3 Å². The van der Waals surface area contributed by atoms with Gasteiger partial charge in [0.25, 0.3) is 0 Å². The first-order chi connectivity index (χ1) is 9.80. The van der Waals surface area contributed by atoms with Crippen LogP contribution in [-0.2, 0) is 0 Å². The van der Waals surface area contributed by atoms with Crippen LogP contribution in [0.4, 0.5) is 0 Å². The Hall–Kier alpha value is -1.61. The minimum absolute atomic E-state index is 0.136. The Balaban J connectivity index is 1.59. The number of hydrogen-bond donors (Lipinski definition) is 1. The van der Waals surface area contributed by atoms with Gasteiger partial charge >= 0.3 is 0 Å². The summed E-state index contributed by atoms with van der Waals surface area (Å²) >= 11 is 0. The van der Waals surface area contributed by atoms with E-state index in [0.29, 0.717) is 5.92 Å². The van der Waals surface area contributed by atoms with Crippen molar-refractivity contribution in [2.24, 2.45) is 11.3 Å². The lowest BCUT2D eigenvalue weighted by Crippen LogP contribution is -2.58. The van der Waals surface area contributed by atoms with Crippen molar-refractivity contribution in [1.82, 2.24) is 9.55 Å². The molecule has 3 aliphatic rings. The smallest absolute Gasteiger partial charge is 0.0956 e. The predicted molar refractivity (Wildman–Crippen MR) is 76.2 cm³/mol. The molecule has 0 bridgehead atoms. The van der Waals surface area contributed by atoms with Crippen molar-refractivity contribution in [2.75, 3.05) is 0 Å². The molecule has 3 atom stereocenters. The summed E-state index contributed by atoms with van der Waals surface area (Å²) < 4.78 is 2.27. The molecule has 1 aromatic carbocycles. The molecule has 20 heavy (non-hydrogen) atoms. The molecule has 1 aromatic heterocycles. The number of aliphatic hydroxyl groups excluding tert-OH is 1. The minimum Gasteiger partial charge on any atom is -0.392 e. The molecule has 2 heterocycles. The second-order valence-electron chi connectivity index (χ2n) is 6.75. The fourth-order valence-electron chi connectivity index (χ4n) is 4.72. The standard InChI is InChI=1S/C17H18N2O/c20-16-13(8-17(16)6-3-7-17)15-12-5-2-1-4-11(12)14-9-18-10-19(14)15/h1-2,4-5,9-10,13,15-16,20H,3,6-8H2/t13-,15-,16-/m1/s1. The summed E-state index contributed by atoms with van der Waals surface area (Å²) in [6.07, 6.45) is 8.64. The Labute approximate surface area is 118 Å². The highest BCUT2D eigenvalue weighted by molar-refractivity contribution is 5.69. The van der Waals surface area contributed by atoms with Crippen molar-refractivity contribution < 1.29 is 5.11 Å². The highest BCUT2D eigenvalue weighted by Gasteiger charge is 2.59. The minimum atomic E-state index is -0.136. The molecular formula is C17H18N2O. The number of aliphatic hydroxyl groups is 1. The SMILES string of the molecule is O[C@@H]1[C@@H]([C@H]2c3ccccc3-c3cncn32)CC12CCC2. The summed E-state index contributed by atoms with van der Waals surface area (Å²) in [6, 6.07) is 8.86. The van der Waals surface area contributed by atoms with Gasteiger partial charge in [0.15, 0.2) is 0 Å². The third kappa shape index (κ3) is 1.14. The van der Waals surface area contributed by atoms with Gasteiger partial charge in [0.1, 0.15) is 0 Å². The molecule has 3 heteroatoms. The van der Waals surface area contributed by atoms with Crippen LogP contribution in [0.15, 0.2) is 36.8 Å². The number of rotatable bonds is 1. The van der Waals surface area contributed by atoms with Gasteiger partial charge in [-0.05, 0) is 30.2 Å². The van der Waals surface area contributed by atoms with Gasteiger partial charge in [-0.15, -0.1) is 0 Å². The predicted octanol–water partition coefficient (Wildman–Crippen LogP) is 3.00. The Morgan fingerprint density at radius 3 is 2.85 bits per heavy atom. The Morgan fingerprint density at radius 1 is 1.25 bits per heavy atom. The number of benzene rings is 1. The lowest BCUT2D eigenvalue weighted by molar-refractivity contribution is -0.173. The molecule has 0 radical (unpaired) electrons. The second-order valence-corrected chi connectivity index (χ2v) is 6.75. The first-order valence-corrected chi connectivity index (χ1v) is 7.59. The largest absolute Gasteiger partial charge is 0.392 e. The van der Waals surface area contributed by atoms with Crippen LogP contribution in [0.3, 0.4) is 0 Å². The van der Waals surface area contributed by atoms with Crippen LogP contribution >= 0.6 is 0 Å². The maximum absolute atomic E-state index is 10.7. The Kier molecular flexibility index (Phi) is 1.96. The zero-order valence-corrected chi connectivity index (χ0v) is 11.4. The number of aromatic nitrogens is 2. The highest BCUT2D eigenvalue weighted by atomic mass is 16.3. The molecule has 1 aliphatic heterocycles. The second kappa shape index (κ2) is 3.53. The van der Waals surface area contributed by atoms with Gasteiger partial charge < -0.3 is 9.67 Å². The quantitative estimate of drug-likeness (QED) is 0.861. The number of fused-ring (bicyclic) bond motifs is 3. The van der Waals surface area contributed by atoms with E-state index in [1.54, 1.807) is 0 Å². The number of nitrogens with zero attached hydrogens (tertiary/aromatic N) is 2. The van der Waals surface area contributed by atoms with Crippen molar-refractivity contribution >= 4 is 0 Å². The summed E-state index contributed by atoms with van der Waals surface area (Å²) in [5.74, 6) is 0.354. The number of hydrogen-bond acceptors (Lipinski definition) is 2. The van der Waals surface area contributed by atoms with Crippen molar-refractivity contribution in [3.05, 3.63) is 42.4 Å². The van der Waals surface area contributed by atoms with E-state index in [9.17, 15) is 5.11 Å². The van der Waals surface area contributed by atoms with E-state index in [4.69, 9.17) is 0 Å². The summed E-state index contributed by atoms with van der Waals surface area (Å²) in [5.41, 5.74) is 4.12. The lowest BCUT2D eigenvalue weighted by atomic mass is 9.48. The van der Waals surface area contributed by atoms with Crippen LogP contribution in [-0.4, -0.2) is 20.8 Å². The third-order valence-electron chi connectivity index (χ3n) is 5.95. The lowest BCUT2D eigenvalue weighted by Gasteiger charge is -2.60. The summed E-state index contributed by atoms with van der Waals surface area (Å²) in [5, 5.41) is 10.7. The molecule has 2 fully saturated rings. The Bertz CT molecular complexity index is 686. The van der Waals surface area contributed by atoms with Gasteiger partial charge in [-0.2, -0.15) is 0 Å². The van der Waals surface area contributed by atoms with Crippen molar-refractivity contribution in [3.63, 3.8) is 0 Å². The molecule has 5 rings (SSSR count). The van der Waals surface area contributed by atoms with Crippen LogP contribution in [0.5, 0.6) is 0 Å². The van der Waals surface area contributed by atoms with Crippen LogP contribution in [0.1, 0.15) is 37.3 Å². The zero-order valence-electron chi connectivity index (χ0n) is 11.4. The van der Waals surface area contributed by atoms with Gasteiger partial charge in [-0.25, -0.2) is 4.98 Å². The highest BCUT2D eigenvalue weighted by Crippen LogP contribution is 2.63. The van der Waals surface area contributed by atoms with Gasteiger partial charge in [0.05, 0.1) is 30.4 Å². The molecule has 0 amide bonds. The topological polar surface area (TPSA) is 38.1 Å². The molecule has 102 valence electrons. The van der Waals surface area contributed by atoms with E-state index in [1.165, 1.54) is 42.5 Å². The molecule has 3 nitrogen and oxygen atoms in total. The first kappa shape index (κ1) is 11.1. The molecule has 0 saturated heterocycles. The van der Waals surface area contributed by atoms with Gasteiger partial charge in [-0.1, -0.05) is 30.7 Å². The maximum Gasteiger partial charge on any atom is 0.0956 e. The molecule has 2 aromatic rings. The fraction of sp³-hybridized carbons (Fsp3) is 0.471. The average Bonchev–Trinajstić information content (AvgIpc) is 2.98. The summed E-state index contributed by atoms with van der Waals surface area (Å²) in [7, 11) is 0. The molecule has 2 saturated carbocycles. The van der Waals surface area contributed by atoms with E-state index >= 15 is 0 Å². The van der Waals surface area contributed by atoms with E-state index in [2.05, 4.69) is 33.8 Å². The van der Waals surface area contributed by atoms with Crippen LogP contribution in [0.25, 0.3) is 11.3 Å². The van der Waals surface area contributed by atoms with Gasteiger partial charge in [0, 0.05) is 11.5 Å². The maximum atomic E-state index is 10.7. The fourth-order valence-corrected chi connectivity index (χ4v) is 4.72. The zero-order chi connectivity index (χ0) is 13.3. The van der Waals surface area contributed by atoms with Crippen molar-refractivity contribution in [2.45, 2.75) is 37.8 Å². The van der Waals surface area contributed by atoms with E-state index in [-0.39, 0.29) is 17.6 Å². The molecule has 1 spiro atoms. The summed E-state index contributed by atoms with van der Waals surface area (Å²) in [6.45, 7) is 0. The molecule has 1 N–H and O–H groups in total. The van der Waals surface area contributed by atoms with Crippen LogP contribution in [0.2, 0.25) is 0 Å². The monoisotopic (exact) mass is 266 g/mol. The normalized spacial score (nSPS) is 32.4. The average molecular weight is 266 g/mol. The molecular weight excluding hydrogens is 248 g/mol. The van der Waals surface area contributed by atoms with Gasteiger partial charge in [0.2, 0.25) is 0 Å². The van der Waals surface area contributed by atoms with E-state index < -0.39 is 0 Å². The first-order valence-electron chi connectivity index (χ1n) is 7.59. The molecule has 0 unspecified atom stereocenters. The number of imidazole rings is 1. The van der Waals surface area contributed by atoms with Gasteiger partial charge in [-0.3, -0.25) is 0 Å². The third-order valence-corrected chi connectivity index (χ3v) is 5.95. The van der Waals surface area contributed by atoms with E-state index in [0.717, 1.165) is 0 Å². The Morgan fingerprint density at radius 2 is 2.10 bits per heavy atom. The van der Waals surface area contributed by atoms with Crippen molar-refractivity contribution in [1.29, 1.82) is 0 Å². The molecule has 2 aliphatic carbocycles. The van der Waals surface area contributed by atoms with Crippen molar-refractivity contribution in [3.8, 4) is 11.3 Å². The van der Waals surface area contributed by atoms with Crippen LogP contribution < -0.4 is 0 Å².